The van der Waals surface area contributed by atoms with Gasteiger partial charge in [-0.1, -0.05) is 25.4 Å². The molecule has 1 N–H and O–H groups in total. The maximum Gasteiger partial charge on any atom is 0.248 e. The zero-order valence-electron chi connectivity index (χ0n) is 20.2. The first kappa shape index (κ1) is 24.6. The molecule has 0 spiro atoms. The highest BCUT2D eigenvalue weighted by molar-refractivity contribution is 6.31. The molecule has 184 valence electrons. The third-order valence-corrected chi connectivity index (χ3v) is 6.41. The lowest BCUT2D eigenvalue weighted by molar-refractivity contribution is -0.111. The molecule has 2 aromatic rings. The van der Waals surface area contributed by atoms with Crippen molar-refractivity contribution in [1.29, 1.82) is 0 Å². The van der Waals surface area contributed by atoms with Crippen molar-refractivity contribution in [3.63, 3.8) is 0 Å². The van der Waals surface area contributed by atoms with Crippen LogP contribution in [0.5, 0.6) is 0 Å². The van der Waals surface area contributed by atoms with Crippen LogP contribution in [0.4, 0.5) is 17.1 Å². The summed E-state index contributed by atoms with van der Waals surface area (Å²) in [5.41, 5.74) is 4.50. The van der Waals surface area contributed by atoms with Gasteiger partial charge in [-0.3, -0.25) is 9.48 Å². The molecular formula is C25H34ClN5O3. The maximum absolute atomic E-state index is 12.9. The Balaban J connectivity index is 1.53. The molecule has 2 fully saturated rings. The molecule has 9 heteroatoms. The number of amides is 1. The van der Waals surface area contributed by atoms with E-state index in [0.29, 0.717) is 24.3 Å². The van der Waals surface area contributed by atoms with E-state index in [4.69, 9.17) is 21.1 Å². The van der Waals surface area contributed by atoms with Gasteiger partial charge in [0.1, 0.15) is 5.15 Å². The molecular weight excluding hydrogens is 454 g/mol. The van der Waals surface area contributed by atoms with Gasteiger partial charge >= 0.3 is 0 Å². The molecule has 34 heavy (non-hydrogen) atoms. The quantitative estimate of drug-likeness (QED) is 0.598. The minimum atomic E-state index is -0.208. The Labute approximate surface area is 206 Å². The number of aromatic nitrogens is 2. The fourth-order valence-electron chi connectivity index (χ4n) is 4.27. The van der Waals surface area contributed by atoms with Gasteiger partial charge in [-0.25, -0.2) is 0 Å². The van der Waals surface area contributed by atoms with E-state index in [2.05, 4.69) is 46.2 Å². The number of aryl methyl sites for hydroxylation is 1. The molecule has 8 nitrogen and oxygen atoms in total. The van der Waals surface area contributed by atoms with Gasteiger partial charge in [-0.15, -0.1) is 0 Å². The summed E-state index contributed by atoms with van der Waals surface area (Å²) in [6, 6.07) is 6.21. The monoisotopic (exact) mass is 487 g/mol. The number of carbonyl (C=O) groups excluding carboxylic acids is 1. The molecule has 0 aliphatic carbocycles. The fourth-order valence-corrected chi connectivity index (χ4v) is 4.57. The molecule has 0 bridgehead atoms. The zero-order chi connectivity index (χ0) is 24.1. The van der Waals surface area contributed by atoms with Crippen molar-refractivity contribution in [3.8, 4) is 0 Å². The Morgan fingerprint density at radius 2 is 1.76 bits per heavy atom. The van der Waals surface area contributed by atoms with Crippen LogP contribution in [0.3, 0.4) is 0 Å². The highest BCUT2D eigenvalue weighted by Gasteiger charge is 2.19. The van der Waals surface area contributed by atoms with Crippen molar-refractivity contribution in [2.75, 3.05) is 67.7 Å². The Morgan fingerprint density at radius 3 is 2.41 bits per heavy atom. The van der Waals surface area contributed by atoms with Gasteiger partial charge in [0.15, 0.2) is 0 Å². The van der Waals surface area contributed by atoms with Crippen LogP contribution < -0.4 is 15.1 Å². The van der Waals surface area contributed by atoms with E-state index in [9.17, 15) is 4.79 Å². The van der Waals surface area contributed by atoms with E-state index in [0.717, 1.165) is 74.3 Å². The van der Waals surface area contributed by atoms with Crippen LogP contribution in [0.2, 0.25) is 5.15 Å². The number of nitrogens with zero attached hydrogens (tertiary/aromatic N) is 4. The lowest BCUT2D eigenvalue weighted by atomic mass is 10.1. The van der Waals surface area contributed by atoms with Gasteiger partial charge in [0.25, 0.3) is 0 Å². The summed E-state index contributed by atoms with van der Waals surface area (Å²) >= 11 is 6.52. The Hall–Kier alpha value is -2.55. The van der Waals surface area contributed by atoms with Crippen LogP contribution in [0.1, 0.15) is 25.1 Å². The van der Waals surface area contributed by atoms with E-state index in [1.54, 1.807) is 10.8 Å². The molecule has 1 aromatic carbocycles. The number of anilines is 3. The number of hydrogen-bond donors (Lipinski definition) is 1. The predicted octanol–water partition coefficient (Wildman–Crippen LogP) is 3.83. The lowest BCUT2D eigenvalue weighted by Gasteiger charge is -2.33. The molecule has 1 aromatic heterocycles. The lowest BCUT2D eigenvalue weighted by Crippen LogP contribution is -2.38. The van der Waals surface area contributed by atoms with E-state index in [-0.39, 0.29) is 5.91 Å². The van der Waals surface area contributed by atoms with Crippen LogP contribution in [0.25, 0.3) is 6.08 Å². The van der Waals surface area contributed by atoms with Crippen LogP contribution in [-0.4, -0.2) is 68.3 Å². The third-order valence-electron chi connectivity index (χ3n) is 6.02. The minimum Gasteiger partial charge on any atom is -0.378 e. The second kappa shape index (κ2) is 11.3. The van der Waals surface area contributed by atoms with E-state index >= 15 is 0 Å². The summed E-state index contributed by atoms with van der Waals surface area (Å²) in [7, 11) is 0. The molecule has 2 aliphatic heterocycles. The predicted molar refractivity (Wildman–Crippen MR) is 137 cm³/mol. The Morgan fingerprint density at radius 1 is 1.12 bits per heavy atom. The van der Waals surface area contributed by atoms with Crippen molar-refractivity contribution in [3.05, 3.63) is 40.7 Å². The molecule has 2 saturated heterocycles. The number of nitrogens with one attached hydrogen (secondary N) is 1. The summed E-state index contributed by atoms with van der Waals surface area (Å²) < 4.78 is 12.8. The fraction of sp³-hybridized carbons (Fsp3) is 0.520. The Bertz CT molecular complexity index is 1020. The number of ether oxygens (including phenoxy) is 2. The highest BCUT2D eigenvalue weighted by Crippen LogP contribution is 2.32. The largest absolute Gasteiger partial charge is 0.378 e. The van der Waals surface area contributed by atoms with Crippen LogP contribution in [-0.2, 0) is 20.8 Å². The summed E-state index contributed by atoms with van der Waals surface area (Å²) in [6.07, 6.45) is 3.27. The smallest absolute Gasteiger partial charge is 0.248 e. The van der Waals surface area contributed by atoms with E-state index < -0.39 is 0 Å². The summed E-state index contributed by atoms with van der Waals surface area (Å²) in [5.74, 6) is 0.219. The summed E-state index contributed by atoms with van der Waals surface area (Å²) in [4.78, 5) is 17.5. The molecule has 2 aliphatic rings. The summed E-state index contributed by atoms with van der Waals surface area (Å²) in [6.45, 7) is 13.0. The SMILES string of the molecule is Cc1nn(CC(C)C)c(Cl)c1/C=C/C(=O)Nc1ccc(N2CCOCC2)cc1N1CCOCC1. The van der Waals surface area contributed by atoms with Gasteiger partial charge in [0, 0.05) is 50.1 Å². The average Bonchev–Trinajstić information content (AvgIpc) is 3.10. The topological polar surface area (TPSA) is 71.9 Å². The van der Waals surface area contributed by atoms with Crippen molar-refractivity contribution in [1.82, 2.24) is 9.78 Å². The van der Waals surface area contributed by atoms with Gasteiger partial charge < -0.3 is 24.6 Å². The van der Waals surface area contributed by atoms with Gasteiger partial charge in [0.05, 0.1) is 43.5 Å². The second-order valence-corrected chi connectivity index (χ2v) is 9.45. The standard InChI is InChI=1S/C25H34ClN5O3/c1-18(2)17-31-25(26)21(19(3)28-31)5-7-24(32)27-22-6-4-20(29-8-12-33-13-9-29)16-23(22)30-10-14-34-15-11-30/h4-7,16,18H,8-15,17H2,1-3H3,(H,27,32)/b7-5+. The van der Waals surface area contributed by atoms with E-state index in [1.165, 1.54) is 6.08 Å². The van der Waals surface area contributed by atoms with Crippen molar-refractivity contribution in [2.45, 2.75) is 27.3 Å². The first-order valence-electron chi connectivity index (χ1n) is 11.9. The van der Waals surface area contributed by atoms with Crippen LogP contribution >= 0.6 is 11.6 Å². The van der Waals surface area contributed by atoms with Gasteiger partial charge in [-0.2, -0.15) is 5.10 Å². The number of morpholine rings is 2. The maximum atomic E-state index is 12.9. The highest BCUT2D eigenvalue weighted by atomic mass is 35.5. The molecule has 4 rings (SSSR count). The van der Waals surface area contributed by atoms with Crippen molar-refractivity contribution >= 4 is 40.6 Å². The molecule has 0 atom stereocenters. The number of benzene rings is 1. The van der Waals surface area contributed by atoms with Crippen molar-refractivity contribution in [2.24, 2.45) is 5.92 Å². The first-order chi connectivity index (χ1) is 16.4. The molecule has 3 heterocycles. The van der Waals surface area contributed by atoms with Gasteiger partial charge in [0.2, 0.25) is 5.91 Å². The summed E-state index contributed by atoms with van der Waals surface area (Å²) in [5, 5.41) is 8.13. The number of halogens is 1. The second-order valence-electron chi connectivity index (χ2n) is 9.09. The van der Waals surface area contributed by atoms with Gasteiger partial charge in [-0.05, 0) is 37.1 Å². The first-order valence-corrected chi connectivity index (χ1v) is 12.3. The molecule has 0 radical (unpaired) electrons. The molecule has 1 amide bonds. The molecule has 0 saturated carbocycles. The average molecular weight is 488 g/mol. The van der Waals surface area contributed by atoms with Crippen LogP contribution in [0.15, 0.2) is 24.3 Å². The number of rotatable bonds is 7. The Kier molecular flexibility index (Phi) is 8.13. The normalized spacial score (nSPS) is 17.1. The number of hydrogen-bond acceptors (Lipinski definition) is 6. The minimum absolute atomic E-state index is 0.208. The van der Waals surface area contributed by atoms with Crippen LogP contribution in [0, 0.1) is 12.8 Å². The third kappa shape index (κ3) is 5.92. The number of carbonyl (C=O) groups is 1. The zero-order valence-corrected chi connectivity index (χ0v) is 21.0. The van der Waals surface area contributed by atoms with Crippen molar-refractivity contribution < 1.29 is 14.3 Å². The van der Waals surface area contributed by atoms with E-state index in [1.807, 2.05) is 13.0 Å². The molecule has 0 unspecified atom stereocenters.